The first kappa shape index (κ1) is 20.2. The summed E-state index contributed by atoms with van der Waals surface area (Å²) in [6.07, 6.45) is 14.6. The van der Waals surface area contributed by atoms with Crippen molar-refractivity contribution in [3.8, 4) is 0 Å². The lowest BCUT2D eigenvalue weighted by Crippen LogP contribution is -2.37. The molecule has 0 atom stereocenters. The van der Waals surface area contributed by atoms with E-state index in [0.29, 0.717) is 43.4 Å². The number of carbonyl (C=O) groups is 1. The molecule has 0 spiro atoms. The van der Waals surface area contributed by atoms with E-state index in [1.54, 1.807) is 0 Å². The second-order valence-corrected chi connectivity index (χ2v) is 8.00. The average molecular weight is 392 g/mol. The van der Waals surface area contributed by atoms with E-state index in [1.165, 1.54) is 38.5 Å². The van der Waals surface area contributed by atoms with Crippen LogP contribution in [0.4, 0.5) is 0 Å². The quantitative estimate of drug-likeness (QED) is 0.652. The number of allylic oxidation sites excluding steroid dienone is 3. The number of ketones is 1. The van der Waals surface area contributed by atoms with Gasteiger partial charge in [-0.05, 0) is 12.0 Å². The molecule has 148 valence electrons. The van der Waals surface area contributed by atoms with Crippen molar-refractivity contribution in [2.75, 3.05) is 26.2 Å². The second kappa shape index (κ2) is 10.1. The minimum Gasteiger partial charge on any atom is -0.395 e. The fourth-order valence-electron chi connectivity index (χ4n) is 4.07. The fourth-order valence-corrected chi connectivity index (χ4v) is 4.31. The van der Waals surface area contributed by atoms with Crippen LogP contribution in [0.15, 0.2) is 39.6 Å². The van der Waals surface area contributed by atoms with Gasteiger partial charge in [-0.1, -0.05) is 56.2 Å². The number of aliphatic hydroxyl groups excluding tert-OH is 1. The molecule has 0 saturated heterocycles. The number of nitrogens with zero attached hydrogens (tertiary/aromatic N) is 2. The van der Waals surface area contributed by atoms with Crippen molar-refractivity contribution < 1.29 is 9.90 Å². The topological polar surface area (TPSA) is 64.9 Å². The molecule has 6 heteroatoms. The van der Waals surface area contributed by atoms with Gasteiger partial charge >= 0.3 is 0 Å². The van der Waals surface area contributed by atoms with Gasteiger partial charge in [0.25, 0.3) is 0 Å². The van der Waals surface area contributed by atoms with Crippen molar-refractivity contribution in [2.45, 2.75) is 51.4 Å². The molecule has 0 unspecified atom stereocenters. The molecular weight excluding hydrogens is 362 g/mol. The van der Waals surface area contributed by atoms with E-state index >= 15 is 0 Å². The maximum Gasteiger partial charge on any atom is 0.152 e. The number of amidine groups is 1. The summed E-state index contributed by atoms with van der Waals surface area (Å²) in [6, 6.07) is 0. The SMILES string of the molecule is O=C(CNC1=CN(CCO)C2=NCC=CC(Cl)=C2C1)CC1CCCCCC1. The minimum absolute atomic E-state index is 0.0295. The number of fused-ring (bicyclic) bond motifs is 1. The highest BCUT2D eigenvalue weighted by Crippen LogP contribution is 2.28. The lowest BCUT2D eigenvalue weighted by molar-refractivity contribution is -0.119. The molecule has 0 aromatic heterocycles. The first-order valence-corrected chi connectivity index (χ1v) is 10.5. The van der Waals surface area contributed by atoms with Gasteiger partial charge in [-0.2, -0.15) is 0 Å². The molecule has 1 aliphatic carbocycles. The van der Waals surface area contributed by atoms with Gasteiger partial charge in [0.15, 0.2) is 5.78 Å². The number of rotatable bonds is 7. The largest absolute Gasteiger partial charge is 0.395 e. The number of Topliss-reactive ketones (excluding diaryl/α,β-unsaturated/α-hetero) is 1. The van der Waals surface area contributed by atoms with Gasteiger partial charge < -0.3 is 15.3 Å². The van der Waals surface area contributed by atoms with Gasteiger partial charge in [-0.25, -0.2) is 0 Å². The summed E-state index contributed by atoms with van der Waals surface area (Å²) in [6.45, 7) is 1.41. The van der Waals surface area contributed by atoms with Crippen molar-refractivity contribution >= 4 is 23.2 Å². The molecule has 3 rings (SSSR count). The number of hydrogen-bond donors (Lipinski definition) is 2. The average Bonchev–Trinajstić information content (AvgIpc) is 3.02. The maximum absolute atomic E-state index is 12.5. The van der Waals surface area contributed by atoms with E-state index in [-0.39, 0.29) is 12.4 Å². The monoisotopic (exact) mass is 391 g/mol. The fraction of sp³-hybridized carbons (Fsp3) is 0.619. The van der Waals surface area contributed by atoms with Crippen LogP contribution in [-0.2, 0) is 4.79 Å². The Labute approximate surface area is 166 Å². The zero-order chi connectivity index (χ0) is 19.1. The van der Waals surface area contributed by atoms with E-state index in [2.05, 4.69) is 10.3 Å². The van der Waals surface area contributed by atoms with Crippen LogP contribution in [0.1, 0.15) is 51.4 Å². The first-order chi connectivity index (χ1) is 13.2. The minimum atomic E-state index is 0.0295. The Morgan fingerprint density at radius 2 is 2.07 bits per heavy atom. The molecule has 0 amide bonds. The molecule has 27 heavy (non-hydrogen) atoms. The predicted molar refractivity (Wildman–Crippen MR) is 110 cm³/mol. The normalized spacial score (nSPS) is 21.2. The number of halogens is 1. The molecule has 0 aromatic rings. The summed E-state index contributed by atoms with van der Waals surface area (Å²) in [4.78, 5) is 19.0. The third-order valence-electron chi connectivity index (χ3n) is 5.46. The lowest BCUT2D eigenvalue weighted by Gasteiger charge is -2.30. The van der Waals surface area contributed by atoms with Crippen molar-refractivity contribution in [2.24, 2.45) is 10.9 Å². The van der Waals surface area contributed by atoms with Crippen LogP contribution < -0.4 is 5.32 Å². The van der Waals surface area contributed by atoms with Crippen LogP contribution in [0, 0.1) is 5.92 Å². The third-order valence-corrected chi connectivity index (χ3v) is 5.82. The van der Waals surface area contributed by atoms with Crippen LogP contribution >= 0.6 is 11.6 Å². The van der Waals surface area contributed by atoms with Crippen LogP contribution in [0.3, 0.4) is 0 Å². The van der Waals surface area contributed by atoms with Crippen molar-refractivity contribution in [3.63, 3.8) is 0 Å². The van der Waals surface area contributed by atoms with Gasteiger partial charge in [0.05, 0.1) is 19.7 Å². The van der Waals surface area contributed by atoms with E-state index in [4.69, 9.17) is 11.6 Å². The molecule has 1 fully saturated rings. The standard InChI is InChI=1S/C21H30ClN3O2/c22-20-8-5-9-23-21-19(20)13-17(15-25(21)10-11-26)24-14-18(27)12-16-6-3-1-2-4-7-16/h5,8,15-16,24,26H,1-4,6-7,9-14H2. The van der Waals surface area contributed by atoms with Gasteiger partial charge in [-0.3, -0.25) is 9.79 Å². The van der Waals surface area contributed by atoms with Crippen molar-refractivity contribution in [1.82, 2.24) is 10.2 Å². The highest BCUT2D eigenvalue weighted by molar-refractivity contribution is 6.34. The molecule has 2 N–H and O–H groups in total. The van der Waals surface area contributed by atoms with Gasteiger partial charge in [0, 0.05) is 41.9 Å². The molecule has 0 radical (unpaired) electrons. The Kier molecular flexibility index (Phi) is 7.53. The highest BCUT2D eigenvalue weighted by Gasteiger charge is 2.25. The zero-order valence-corrected chi connectivity index (χ0v) is 16.7. The Morgan fingerprint density at radius 1 is 1.30 bits per heavy atom. The summed E-state index contributed by atoms with van der Waals surface area (Å²) < 4.78 is 0. The van der Waals surface area contributed by atoms with Crippen LogP contribution in [0.5, 0.6) is 0 Å². The highest BCUT2D eigenvalue weighted by atomic mass is 35.5. The Morgan fingerprint density at radius 3 is 2.81 bits per heavy atom. The molecule has 3 aliphatic rings. The van der Waals surface area contributed by atoms with Gasteiger partial charge in [-0.15, -0.1) is 0 Å². The van der Waals surface area contributed by atoms with Crippen LogP contribution in [0.2, 0.25) is 0 Å². The molecule has 1 saturated carbocycles. The van der Waals surface area contributed by atoms with Crippen LogP contribution in [0.25, 0.3) is 0 Å². The molecule has 2 aliphatic heterocycles. The second-order valence-electron chi connectivity index (χ2n) is 7.60. The van der Waals surface area contributed by atoms with Crippen molar-refractivity contribution in [3.05, 3.63) is 34.7 Å². The van der Waals surface area contributed by atoms with Gasteiger partial charge in [0.2, 0.25) is 0 Å². The summed E-state index contributed by atoms with van der Waals surface area (Å²) in [5.74, 6) is 1.64. The number of nitrogens with one attached hydrogen (secondary N) is 1. The summed E-state index contributed by atoms with van der Waals surface area (Å²) in [5, 5.41) is 13.4. The van der Waals surface area contributed by atoms with E-state index in [9.17, 15) is 9.90 Å². The Bertz CT molecular complexity index is 658. The molecule has 0 bridgehead atoms. The summed E-state index contributed by atoms with van der Waals surface area (Å²) >= 11 is 6.43. The lowest BCUT2D eigenvalue weighted by atomic mass is 9.94. The van der Waals surface area contributed by atoms with E-state index < -0.39 is 0 Å². The molecule has 5 nitrogen and oxygen atoms in total. The smallest absolute Gasteiger partial charge is 0.152 e. The zero-order valence-electron chi connectivity index (χ0n) is 15.9. The molecule has 0 aromatic carbocycles. The molecule has 2 heterocycles. The Balaban J connectivity index is 1.61. The van der Waals surface area contributed by atoms with Gasteiger partial charge in [0.1, 0.15) is 5.84 Å². The van der Waals surface area contributed by atoms with E-state index in [1.807, 2.05) is 23.3 Å². The molecular formula is C21H30ClN3O2. The third kappa shape index (κ3) is 5.69. The number of aliphatic imine (C=N–C) groups is 1. The van der Waals surface area contributed by atoms with E-state index in [0.717, 1.165) is 17.1 Å². The number of β-amino-alcohol motifs (C(OH)–C–C–N with tert-alkyl or cyclic N) is 1. The Hall–Kier alpha value is -1.59. The number of carbonyl (C=O) groups excluding carboxylic acids is 1. The maximum atomic E-state index is 12.5. The summed E-state index contributed by atoms with van der Waals surface area (Å²) in [7, 11) is 0. The number of hydrogen-bond acceptors (Lipinski definition) is 5. The number of aliphatic hydroxyl groups is 1. The van der Waals surface area contributed by atoms with Crippen molar-refractivity contribution in [1.29, 1.82) is 0 Å². The predicted octanol–water partition coefficient (Wildman–Crippen LogP) is 3.51. The summed E-state index contributed by atoms with van der Waals surface area (Å²) in [5.41, 5.74) is 1.89. The van der Waals surface area contributed by atoms with Crippen LogP contribution in [-0.4, -0.2) is 47.9 Å². The first-order valence-electron chi connectivity index (χ1n) is 10.1.